The van der Waals surface area contributed by atoms with Gasteiger partial charge in [-0.2, -0.15) is 11.8 Å². The Labute approximate surface area is 146 Å². The van der Waals surface area contributed by atoms with E-state index < -0.39 is 0 Å². The van der Waals surface area contributed by atoms with Crippen LogP contribution in [0.4, 0.5) is 0 Å². The van der Waals surface area contributed by atoms with Gasteiger partial charge >= 0.3 is 0 Å². The molecule has 136 valence electrons. The van der Waals surface area contributed by atoms with Crippen LogP contribution in [-0.2, 0) is 9.78 Å². The number of rotatable bonds is 18. The first-order chi connectivity index (χ1) is 11.4. The predicted molar refractivity (Wildman–Crippen MR) is 103 cm³/mol. The molecule has 0 aliphatic heterocycles. The molecule has 0 heterocycles. The van der Waals surface area contributed by atoms with Crippen molar-refractivity contribution in [2.24, 2.45) is 0 Å². The Morgan fingerprint density at radius 3 is 1.55 bits per heavy atom. The summed E-state index contributed by atoms with van der Waals surface area (Å²) in [6.45, 7) is 3.75. The fourth-order valence-corrected chi connectivity index (χ4v) is 2.65. The smallest absolute Gasteiger partial charge is 0.0912 e. The molecule has 0 unspecified atom stereocenters. The van der Waals surface area contributed by atoms with E-state index in [9.17, 15) is 0 Å². The lowest BCUT2D eigenvalue weighted by Crippen LogP contribution is -2.00. The molecular formula is C19H42O2S. The number of unbranched alkanes of at least 4 members (excludes halogenated alkanes) is 12. The molecule has 22 heavy (non-hydrogen) atoms. The van der Waals surface area contributed by atoms with Crippen LogP contribution < -0.4 is 0 Å². The van der Waals surface area contributed by atoms with E-state index in [4.69, 9.17) is 11.1 Å². The topological polar surface area (TPSA) is 18.5 Å². The summed E-state index contributed by atoms with van der Waals surface area (Å²) in [5.41, 5.74) is 0. The van der Waals surface area contributed by atoms with Crippen molar-refractivity contribution in [3.8, 4) is 0 Å². The minimum absolute atomic E-state index is 0.708. The maximum absolute atomic E-state index is 5.75. The summed E-state index contributed by atoms with van der Waals surface area (Å²) in [5.74, 6) is 1.01. The lowest BCUT2D eigenvalue weighted by molar-refractivity contribution is -0.290. The van der Waals surface area contributed by atoms with Gasteiger partial charge in [-0.25, -0.2) is 9.78 Å². The van der Waals surface area contributed by atoms with E-state index in [1.807, 2.05) is 0 Å². The first-order valence-corrected chi connectivity index (χ1v) is 10.5. The Hall–Kier alpha value is 0.270. The summed E-state index contributed by atoms with van der Waals surface area (Å²) in [5, 5.41) is 0. The zero-order chi connectivity index (χ0) is 17.4. The van der Waals surface area contributed by atoms with Gasteiger partial charge in [-0.05, 0) is 12.7 Å². The van der Waals surface area contributed by atoms with Crippen LogP contribution in [-0.4, -0.2) is 25.2 Å². The number of hydrogen-bond donors (Lipinski definition) is 0. The Bertz CT molecular complexity index is 165. The molecule has 0 radical (unpaired) electrons. The van der Waals surface area contributed by atoms with E-state index in [1.165, 1.54) is 84.5 Å². The number of thioether (sulfide) groups is 1. The van der Waals surface area contributed by atoms with Gasteiger partial charge in [0.05, 0.1) is 13.2 Å². The molecule has 0 fully saturated rings. The van der Waals surface area contributed by atoms with E-state index >= 15 is 0 Å². The maximum atomic E-state index is 5.75. The average Bonchev–Trinajstić information content (AvgIpc) is 2.59. The van der Waals surface area contributed by atoms with Gasteiger partial charge in [-0.1, -0.05) is 91.4 Å². The van der Waals surface area contributed by atoms with Crippen LogP contribution in [0.15, 0.2) is 0 Å². The highest BCUT2D eigenvalue weighted by molar-refractivity contribution is 7.98. The third-order valence-corrected chi connectivity index (χ3v) is 4.36. The molecule has 0 rings (SSSR count). The van der Waals surface area contributed by atoms with Crippen LogP contribution in [0, 0.1) is 0 Å². The Balaban J connectivity index is 0. The molecule has 0 saturated carbocycles. The highest BCUT2D eigenvalue weighted by atomic mass is 32.2. The number of hydrogen-bond acceptors (Lipinski definition) is 3. The summed E-state index contributed by atoms with van der Waals surface area (Å²) in [6, 6.07) is 0. The molecule has 0 atom stereocenters. The standard InChI is InChI=1S/C18H38O2S.CH4/c1-3-4-5-6-7-8-9-10-11-12-13-14-15-16-19-20-17-18-21-2;/h3-18H2,1-2H3;1H4/i;1D. The van der Waals surface area contributed by atoms with Crippen molar-refractivity contribution in [2.45, 2.75) is 97.8 Å². The van der Waals surface area contributed by atoms with Gasteiger partial charge in [0, 0.05) is 7.12 Å². The molecule has 0 aromatic heterocycles. The highest BCUT2D eigenvalue weighted by Crippen LogP contribution is 2.12. The zero-order valence-electron chi connectivity index (χ0n) is 16.5. The monoisotopic (exact) mass is 335 g/mol. The second kappa shape index (κ2) is 23.5. The average molecular weight is 336 g/mol. The van der Waals surface area contributed by atoms with Gasteiger partial charge in [0.1, 0.15) is 0 Å². The lowest BCUT2D eigenvalue weighted by Gasteiger charge is -2.04. The van der Waals surface area contributed by atoms with Gasteiger partial charge in [0.15, 0.2) is 0 Å². The summed E-state index contributed by atoms with van der Waals surface area (Å²) in [4.78, 5) is 10.2. The summed E-state index contributed by atoms with van der Waals surface area (Å²) >= 11 is 1.78. The van der Waals surface area contributed by atoms with Crippen molar-refractivity contribution in [1.82, 2.24) is 0 Å². The zero-order valence-corrected chi connectivity index (χ0v) is 16.4. The van der Waals surface area contributed by atoms with Crippen molar-refractivity contribution in [2.75, 3.05) is 25.2 Å². The SMILES string of the molecule is CCCCCCCCCCCCCCCOOCCSC.[2H]C. The van der Waals surface area contributed by atoms with Crippen LogP contribution in [0.1, 0.15) is 99.2 Å². The normalized spacial score (nSPS) is 11.0. The molecule has 0 aromatic rings. The van der Waals surface area contributed by atoms with Gasteiger partial charge in [-0.15, -0.1) is 0 Å². The molecule has 0 aromatic carbocycles. The van der Waals surface area contributed by atoms with E-state index in [0.29, 0.717) is 6.61 Å². The fraction of sp³-hybridized carbons (Fsp3) is 1.00. The third-order valence-electron chi connectivity index (χ3n) is 3.79. The fourth-order valence-electron chi connectivity index (χ4n) is 2.41. The van der Waals surface area contributed by atoms with Crippen LogP contribution in [0.5, 0.6) is 0 Å². The quantitative estimate of drug-likeness (QED) is 0.152. The lowest BCUT2D eigenvalue weighted by atomic mass is 10.0. The van der Waals surface area contributed by atoms with Crippen molar-refractivity contribution in [3.05, 3.63) is 0 Å². The van der Waals surface area contributed by atoms with Crippen molar-refractivity contribution >= 4 is 11.8 Å². The van der Waals surface area contributed by atoms with Crippen molar-refractivity contribution in [1.29, 1.82) is 0 Å². The highest BCUT2D eigenvalue weighted by Gasteiger charge is 1.94. The Kier molecular flexibility index (Phi) is 23.8. The molecule has 0 bridgehead atoms. The minimum atomic E-state index is 0.708. The summed E-state index contributed by atoms with van der Waals surface area (Å²) in [6.07, 6.45) is 20.1. The van der Waals surface area contributed by atoms with Gasteiger partial charge in [0.2, 0.25) is 0 Å². The Morgan fingerprint density at radius 1 is 0.682 bits per heavy atom. The summed E-state index contributed by atoms with van der Waals surface area (Å²) < 4.78 is 5.75. The van der Waals surface area contributed by atoms with Crippen molar-refractivity contribution in [3.63, 3.8) is 0 Å². The van der Waals surface area contributed by atoms with E-state index in [1.54, 1.807) is 11.8 Å². The van der Waals surface area contributed by atoms with E-state index in [-0.39, 0.29) is 0 Å². The van der Waals surface area contributed by atoms with Gasteiger partial charge in [-0.3, -0.25) is 0 Å². The molecule has 2 nitrogen and oxygen atoms in total. The first-order valence-electron chi connectivity index (χ1n) is 10.1. The van der Waals surface area contributed by atoms with Crippen LogP contribution >= 0.6 is 11.8 Å². The predicted octanol–water partition coefficient (Wildman–Crippen LogP) is 7.02. The molecule has 0 saturated heterocycles. The minimum Gasteiger partial charge on any atom is -0.237 e. The van der Waals surface area contributed by atoms with Crippen LogP contribution in [0.3, 0.4) is 0 Å². The van der Waals surface area contributed by atoms with Crippen LogP contribution in [0.2, 0.25) is 0 Å². The third kappa shape index (κ3) is 22.5. The maximum Gasteiger partial charge on any atom is 0.0912 e. The molecule has 3 heteroatoms. The molecule has 0 aliphatic carbocycles. The molecule has 0 N–H and O–H groups in total. The van der Waals surface area contributed by atoms with E-state index in [2.05, 4.69) is 13.2 Å². The molecule has 0 aliphatic rings. The first kappa shape index (κ1) is 22.3. The Morgan fingerprint density at radius 2 is 1.09 bits per heavy atom. The summed E-state index contributed by atoms with van der Waals surface area (Å²) in [7, 11) is 1.25. The van der Waals surface area contributed by atoms with Crippen molar-refractivity contribution < 1.29 is 11.1 Å². The second-order valence-corrected chi connectivity index (χ2v) is 6.86. The van der Waals surface area contributed by atoms with E-state index in [0.717, 1.165) is 18.8 Å². The van der Waals surface area contributed by atoms with Crippen LogP contribution in [0.25, 0.3) is 0 Å². The second-order valence-electron chi connectivity index (χ2n) is 5.88. The molecular weight excluding hydrogens is 292 g/mol. The van der Waals surface area contributed by atoms with Gasteiger partial charge in [0.25, 0.3) is 0 Å². The molecule has 0 spiro atoms. The van der Waals surface area contributed by atoms with Gasteiger partial charge < -0.3 is 0 Å². The largest absolute Gasteiger partial charge is 0.237 e. The molecule has 0 amide bonds.